The molecule has 0 saturated heterocycles. The minimum absolute atomic E-state index is 0.0207. The largest absolute Gasteiger partial charge is 0.284 e. The number of nitrogens with zero attached hydrogens (tertiary/aromatic N) is 2. The first-order valence-electron chi connectivity index (χ1n) is 6.82. The lowest BCUT2D eigenvalue weighted by Gasteiger charge is -2.18. The SMILES string of the molecule is CCN(C(=O)c1ccc(Br)cc1F)c1nc2cc(Cl)ccc2s1. The average molecular weight is 414 g/mol. The number of carbonyl (C=O) groups excluding carboxylic acids is 1. The van der Waals surface area contributed by atoms with Crippen molar-refractivity contribution >= 4 is 60.1 Å². The van der Waals surface area contributed by atoms with Gasteiger partial charge in [-0.3, -0.25) is 9.69 Å². The van der Waals surface area contributed by atoms with E-state index in [1.165, 1.54) is 28.4 Å². The predicted molar refractivity (Wildman–Crippen MR) is 96.1 cm³/mol. The van der Waals surface area contributed by atoms with Crippen LogP contribution < -0.4 is 4.90 Å². The molecule has 0 N–H and O–H groups in total. The molecule has 3 rings (SSSR count). The van der Waals surface area contributed by atoms with E-state index in [0.717, 1.165) is 10.2 Å². The smallest absolute Gasteiger partial charge is 0.263 e. The molecule has 0 spiro atoms. The number of hydrogen-bond acceptors (Lipinski definition) is 3. The van der Waals surface area contributed by atoms with Crippen LogP contribution in [0.25, 0.3) is 10.2 Å². The number of fused-ring (bicyclic) bond motifs is 1. The Morgan fingerprint density at radius 2 is 2.13 bits per heavy atom. The quantitative estimate of drug-likeness (QED) is 0.566. The van der Waals surface area contributed by atoms with Crippen molar-refractivity contribution in [2.24, 2.45) is 0 Å². The minimum Gasteiger partial charge on any atom is -0.284 e. The summed E-state index contributed by atoms with van der Waals surface area (Å²) in [6, 6.07) is 9.77. The van der Waals surface area contributed by atoms with Crippen molar-refractivity contribution in [3.05, 3.63) is 57.3 Å². The molecular formula is C16H11BrClFN2OS. The van der Waals surface area contributed by atoms with Crippen LogP contribution in [0.5, 0.6) is 0 Å². The van der Waals surface area contributed by atoms with Crippen LogP contribution in [-0.4, -0.2) is 17.4 Å². The van der Waals surface area contributed by atoms with Crippen molar-refractivity contribution in [3.8, 4) is 0 Å². The highest BCUT2D eigenvalue weighted by atomic mass is 79.9. The molecule has 3 nitrogen and oxygen atoms in total. The van der Waals surface area contributed by atoms with Crippen LogP contribution in [0, 0.1) is 5.82 Å². The number of halogens is 3. The van der Waals surface area contributed by atoms with Gasteiger partial charge in [-0.15, -0.1) is 0 Å². The second-order valence-corrected chi connectivity index (χ2v) is 7.14. The minimum atomic E-state index is -0.563. The molecule has 0 radical (unpaired) electrons. The Balaban J connectivity index is 2.01. The molecule has 2 aromatic carbocycles. The topological polar surface area (TPSA) is 33.2 Å². The number of hydrogen-bond donors (Lipinski definition) is 0. The Labute approximate surface area is 149 Å². The zero-order valence-electron chi connectivity index (χ0n) is 12.0. The first-order chi connectivity index (χ1) is 11.0. The summed E-state index contributed by atoms with van der Waals surface area (Å²) >= 11 is 10.5. The molecule has 0 aliphatic rings. The summed E-state index contributed by atoms with van der Waals surface area (Å²) in [6.07, 6.45) is 0. The van der Waals surface area contributed by atoms with Crippen molar-refractivity contribution in [1.82, 2.24) is 4.98 Å². The monoisotopic (exact) mass is 412 g/mol. The van der Waals surface area contributed by atoms with Crippen LogP contribution in [0.1, 0.15) is 17.3 Å². The van der Waals surface area contributed by atoms with Crippen LogP contribution in [0.2, 0.25) is 5.02 Å². The van der Waals surface area contributed by atoms with Gasteiger partial charge in [-0.05, 0) is 43.3 Å². The molecule has 23 heavy (non-hydrogen) atoms. The van der Waals surface area contributed by atoms with Gasteiger partial charge in [0.15, 0.2) is 5.13 Å². The van der Waals surface area contributed by atoms with E-state index in [1.54, 1.807) is 18.2 Å². The molecule has 0 saturated carbocycles. The molecule has 0 bridgehead atoms. The summed E-state index contributed by atoms with van der Waals surface area (Å²) in [7, 11) is 0. The number of amides is 1. The third-order valence-corrected chi connectivity index (χ3v) is 5.08. The van der Waals surface area contributed by atoms with Gasteiger partial charge < -0.3 is 0 Å². The first-order valence-corrected chi connectivity index (χ1v) is 8.81. The second-order valence-electron chi connectivity index (χ2n) is 4.78. The van der Waals surface area contributed by atoms with Crippen molar-refractivity contribution in [3.63, 3.8) is 0 Å². The number of aromatic nitrogens is 1. The number of carbonyl (C=O) groups is 1. The molecule has 0 atom stereocenters. The van der Waals surface area contributed by atoms with Crippen LogP contribution in [0.4, 0.5) is 9.52 Å². The van der Waals surface area contributed by atoms with Crippen LogP contribution >= 0.6 is 38.9 Å². The number of thiazole rings is 1. The number of benzene rings is 2. The lowest BCUT2D eigenvalue weighted by molar-refractivity contribution is 0.0984. The van der Waals surface area contributed by atoms with Gasteiger partial charge in [0.25, 0.3) is 5.91 Å². The Bertz CT molecular complexity index is 899. The van der Waals surface area contributed by atoms with Gasteiger partial charge in [-0.2, -0.15) is 0 Å². The highest BCUT2D eigenvalue weighted by molar-refractivity contribution is 9.10. The summed E-state index contributed by atoms with van der Waals surface area (Å²) in [5.41, 5.74) is 0.743. The van der Waals surface area contributed by atoms with Crippen LogP contribution in [0.15, 0.2) is 40.9 Å². The van der Waals surface area contributed by atoms with Gasteiger partial charge in [0, 0.05) is 16.0 Å². The number of anilines is 1. The fourth-order valence-electron chi connectivity index (χ4n) is 2.18. The zero-order valence-corrected chi connectivity index (χ0v) is 15.2. The lowest BCUT2D eigenvalue weighted by atomic mass is 10.2. The molecule has 1 amide bonds. The summed E-state index contributed by atoms with van der Waals surface area (Å²) < 4.78 is 15.6. The van der Waals surface area contributed by atoms with E-state index < -0.39 is 11.7 Å². The Morgan fingerprint density at radius 1 is 1.35 bits per heavy atom. The van der Waals surface area contributed by atoms with Crippen LogP contribution in [0.3, 0.4) is 0 Å². The normalized spacial score (nSPS) is 11.0. The van der Waals surface area contributed by atoms with E-state index in [2.05, 4.69) is 20.9 Å². The third kappa shape index (κ3) is 3.24. The van der Waals surface area contributed by atoms with E-state index in [0.29, 0.717) is 21.2 Å². The highest BCUT2D eigenvalue weighted by Gasteiger charge is 2.22. The maximum Gasteiger partial charge on any atom is 0.263 e. The van der Waals surface area contributed by atoms with Crippen molar-refractivity contribution < 1.29 is 9.18 Å². The van der Waals surface area contributed by atoms with E-state index in [4.69, 9.17) is 11.6 Å². The first kappa shape index (κ1) is 16.4. The fraction of sp³-hybridized carbons (Fsp3) is 0.125. The lowest BCUT2D eigenvalue weighted by Crippen LogP contribution is -2.31. The third-order valence-electron chi connectivity index (χ3n) is 3.29. The molecule has 118 valence electrons. The molecule has 0 aliphatic carbocycles. The van der Waals surface area contributed by atoms with Gasteiger partial charge in [-0.1, -0.05) is 38.9 Å². The second kappa shape index (κ2) is 6.55. The Hall–Kier alpha value is -1.50. The van der Waals surface area contributed by atoms with E-state index in [-0.39, 0.29) is 5.56 Å². The Morgan fingerprint density at radius 3 is 2.83 bits per heavy atom. The molecule has 1 aromatic heterocycles. The van der Waals surface area contributed by atoms with E-state index in [1.807, 2.05) is 13.0 Å². The van der Waals surface area contributed by atoms with Gasteiger partial charge in [0.1, 0.15) is 5.82 Å². The molecule has 0 fully saturated rings. The van der Waals surface area contributed by atoms with Crippen molar-refractivity contribution in [2.45, 2.75) is 6.92 Å². The maximum absolute atomic E-state index is 14.1. The summed E-state index contributed by atoms with van der Waals surface area (Å²) in [4.78, 5) is 18.6. The summed E-state index contributed by atoms with van der Waals surface area (Å²) in [6.45, 7) is 2.22. The molecule has 7 heteroatoms. The maximum atomic E-state index is 14.1. The van der Waals surface area contributed by atoms with Crippen molar-refractivity contribution in [1.29, 1.82) is 0 Å². The van der Waals surface area contributed by atoms with Gasteiger partial charge in [0.05, 0.1) is 15.8 Å². The number of rotatable bonds is 3. The highest BCUT2D eigenvalue weighted by Crippen LogP contribution is 2.31. The molecule has 1 heterocycles. The van der Waals surface area contributed by atoms with Gasteiger partial charge in [-0.25, -0.2) is 9.37 Å². The molecule has 0 unspecified atom stereocenters. The van der Waals surface area contributed by atoms with Crippen LogP contribution in [-0.2, 0) is 0 Å². The van der Waals surface area contributed by atoms with Crippen molar-refractivity contribution in [2.75, 3.05) is 11.4 Å². The van der Waals surface area contributed by atoms with E-state index >= 15 is 0 Å². The fourth-order valence-corrected chi connectivity index (χ4v) is 3.69. The standard InChI is InChI=1S/C16H11BrClFN2OS/c1-2-21(15(22)11-5-3-9(17)7-12(11)19)16-20-13-8-10(18)4-6-14(13)23-16/h3-8H,2H2,1H3. The summed E-state index contributed by atoms with van der Waals surface area (Å²) in [5, 5.41) is 1.11. The molecule has 0 aliphatic heterocycles. The zero-order chi connectivity index (χ0) is 16.6. The molecule has 3 aromatic rings. The Kier molecular flexibility index (Phi) is 4.66. The van der Waals surface area contributed by atoms with E-state index in [9.17, 15) is 9.18 Å². The molecular weight excluding hydrogens is 403 g/mol. The summed E-state index contributed by atoms with van der Waals surface area (Å²) in [5.74, 6) is -0.977. The van der Waals surface area contributed by atoms with Gasteiger partial charge >= 0.3 is 0 Å². The predicted octanol–water partition coefficient (Wildman–Crippen LogP) is 5.52. The van der Waals surface area contributed by atoms with Gasteiger partial charge in [0.2, 0.25) is 0 Å². The average Bonchev–Trinajstić information content (AvgIpc) is 2.90.